The van der Waals surface area contributed by atoms with Gasteiger partial charge in [-0.05, 0) is 73.6 Å². The smallest absolute Gasteiger partial charge is 0.225 e. The van der Waals surface area contributed by atoms with Crippen molar-refractivity contribution >= 4 is 5.95 Å². The van der Waals surface area contributed by atoms with E-state index in [1.165, 1.54) is 12.1 Å². The lowest BCUT2D eigenvalue weighted by atomic mass is 9.98. The molecule has 1 saturated heterocycles. The van der Waals surface area contributed by atoms with E-state index in [0.717, 1.165) is 43.9 Å². The molecular weight excluding hydrogens is 462 g/mol. The number of rotatable bonds is 7. The van der Waals surface area contributed by atoms with Crippen LogP contribution in [0.4, 0.5) is 14.7 Å². The lowest BCUT2D eigenvalue weighted by Crippen LogP contribution is -2.36. The van der Waals surface area contributed by atoms with E-state index in [1.807, 2.05) is 18.5 Å². The van der Waals surface area contributed by atoms with Gasteiger partial charge in [0.15, 0.2) is 23.1 Å². The molecule has 3 aromatic heterocycles. The Hall–Kier alpha value is -3.81. The third kappa shape index (κ3) is 5.08. The van der Waals surface area contributed by atoms with Gasteiger partial charge in [0, 0.05) is 36.7 Å². The summed E-state index contributed by atoms with van der Waals surface area (Å²) in [5.41, 5.74) is 3.48. The fourth-order valence-corrected chi connectivity index (χ4v) is 4.48. The second-order valence-corrected chi connectivity index (χ2v) is 9.06. The lowest BCUT2D eigenvalue weighted by molar-refractivity contribution is 0.207. The number of furan rings is 1. The molecule has 0 amide bonds. The quantitative estimate of drug-likeness (QED) is 0.305. The Bertz CT molecular complexity index is 1300. The Morgan fingerprint density at radius 3 is 2.39 bits per heavy atom. The Balaban J connectivity index is 1.22. The van der Waals surface area contributed by atoms with Crippen LogP contribution in [0.15, 0.2) is 59.5 Å². The fourth-order valence-electron chi connectivity index (χ4n) is 4.48. The molecule has 8 heteroatoms. The van der Waals surface area contributed by atoms with Crippen LogP contribution < -0.4 is 9.64 Å². The zero-order chi connectivity index (χ0) is 25.1. The first kappa shape index (κ1) is 23.9. The van der Waals surface area contributed by atoms with E-state index in [0.29, 0.717) is 28.3 Å². The molecule has 36 heavy (non-hydrogen) atoms. The van der Waals surface area contributed by atoms with Crippen molar-refractivity contribution in [2.24, 2.45) is 5.92 Å². The van der Waals surface area contributed by atoms with Gasteiger partial charge in [-0.1, -0.05) is 13.0 Å². The molecule has 0 saturated carbocycles. The van der Waals surface area contributed by atoms with Gasteiger partial charge in [-0.15, -0.1) is 0 Å². The summed E-state index contributed by atoms with van der Waals surface area (Å²) in [5, 5.41) is 0. The Morgan fingerprint density at radius 1 is 1.06 bits per heavy atom. The van der Waals surface area contributed by atoms with E-state index in [4.69, 9.17) is 9.15 Å². The van der Waals surface area contributed by atoms with Gasteiger partial charge < -0.3 is 14.1 Å². The monoisotopic (exact) mass is 490 g/mol. The van der Waals surface area contributed by atoms with Crippen LogP contribution in [0.1, 0.15) is 31.0 Å². The van der Waals surface area contributed by atoms with Gasteiger partial charge >= 0.3 is 0 Å². The topological polar surface area (TPSA) is 64.3 Å². The van der Waals surface area contributed by atoms with Crippen LogP contribution in [-0.2, 0) is 6.42 Å². The predicted molar refractivity (Wildman–Crippen MR) is 134 cm³/mol. The van der Waals surface area contributed by atoms with Crippen molar-refractivity contribution in [2.45, 2.75) is 33.1 Å². The van der Waals surface area contributed by atoms with Gasteiger partial charge in [0.2, 0.25) is 5.95 Å². The number of hydrogen-bond donors (Lipinski definition) is 0. The molecule has 1 fully saturated rings. The van der Waals surface area contributed by atoms with Crippen LogP contribution in [0.5, 0.6) is 5.75 Å². The highest BCUT2D eigenvalue weighted by atomic mass is 19.1. The van der Waals surface area contributed by atoms with Crippen molar-refractivity contribution < 1.29 is 17.9 Å². The number of anilines is 1. The molecule has 0 N–H and O–H groups in total. The molecule has 186 valence electrons. The number of halogens is 2. The van der Waals surface area contributed by atoms with E-state index in [-0.39, 0.29) is 18.3 Å². The lowest BCUT2D eigenvalue weighted by Gasteiger charge is -2.31. The van der Waals surface area contributed by atoms with Crippen molar-refractivity contribution in [1.82, 2.24) is 15.0 Å². The second kappa shape index (κ2) is 10.4. The number of ether oxygens (including phenoxy) is 1. The van der Waals surface area contributed by atoms with E-state index < -0.39 is 11.6 Å². The highest BCUT2D eigenvalue weighted by Crippen LogP contribution is 2.32. The molecular formula is C28H28F2N4O2. The molecule has 1 aliphatic heterocycles. The molecule has 6 nitrogen and oxygen atoms in total. The minimum atomic E-state index is -0.721. The molecule has 0 atom stereocenters. The van der Waals surface area contributed by atoms with Crippen molar-refractivity contribution in [1.29, 1.82) is 0 Å². The Morgan fingerprint density at radius 2 is 1.78 bits per heavy atom. The summed E-state index contributed by atoms with van der Waals surface area (Å²) in [4.78, 5) is 15.6. The van der Waals surface area contributed by atoms with Crippen molar-refractivity contribution in [3.63, 3.8) is 0 Å². The summed E-state index contributed by atoms with van der Waals surface area (Å²) in [5.74, 6) is -0.213. The Labute approximate surface area is 209 Å². The van der Waals surface area contributed by atoms with Gasteiger partial charge in [-0.3, -0.25) is 0 Å². The van der Waals surface area contributed by atoms with Gasteiger partial charge in [0.25, 0.3) is 0 Å². The average Bonchev–Trinajstić information content (AvgIpc) is 3.44. The first-order valence-corrected chi connectivity index (χ1v) is 12.2. The van der Waals surface area contributed by atoms with Crippen LogP contribution in [0.3, 0.4) is 0 Å². The molecule has 0 bridgehead atoms. The second-order valence-electron chi connectivity index (χ2n) is 9.06. The van der Waals surface area contributed by atoms with Crippen LogP contribution >= 0.6 is 0 Å². The molecule has 1 aromatic carbocycles. The van der Waals surface area contributed by atoms with Crippen molar-refractivity contribution in [3.8, 4) is 28.3 Å². The molecule has 5 rings (SSSR count). The van der Waals surface area contributed by atoms with Crippen LogP contribution in [-0.4, -0.2) is 34.6 Å². The van der Waals surface area contributed by atoms with E-state index in [9.17, 15) is 8.78 Å². The summed E-state index contributed by atoms with van der Waals surface area (Å²) in [6, 6.07) is 9.77. The predicted octanol–water partition coefficient (Wildman–Crippen LogP) is 6.24. The number of benzene rings is 1. The summed E-state index contributed by atoms with van der Waals surface area (Å²) in [7, 11) is 0. The molecule has 0 spiro atoms. The molecule has 0 unspecified atom stereocenters. The Kier molecular flexibility index (Phi) is 6.93. The number of piperidine rings is 1. The van der Waals surface area contributed by atoms with Gasteiger partial charge in [0.05, 0.1) is 12.9 Å². The number of aryl methyl sites for hydroxylation is 2. The minimum Gasteiger partial charge on any atom is -0.487 e. The van der Waals surface area contributed by atoms with Gasteiger partial charge in [-0.25, -0.2) is 23.7 Å². The highest BCUT2D eigenvalue weighted by Gasteiger charge is 2.23. The zero-order valence-electron chi connectivity index (χ0n) is 20.4. The average molecular weight is 491 g/mol. The molecule has 0 aliphatic carbocycles. The number of nitrogens with zero attached hydrogens (tertiary/aromatic N) is 4. The first-order chi connectivity index (χ1) is 17.5. The number of hydrogen-bond acceptors (Lipinski definition) is 6. The molecule has 0 radical (unpaired) electrons. The third-order valence-electron chi connectivity index (χ3n) is 6.63. The van der Waals surface area contributed by atoms with E-state index in [1.54, 1.807) is 31.4 Å². The van der Waals surface area contributed by atoms with E-state index in [2.05, 4.69) is 26.8 Å². The largest absolute Gasteiger partial charge is 0.487 e. The fraction of sp³-hybridized carbons (Fsp3) is 0.321. The normalized spacial score (nSPS) is 14.3. The maximum absolute atomic E-state index is 14.9. The zero-order valence-corrected chi connectivity index (χ0v) is 20.4. The number of pyridine rings is 1. The summed E-state index contributed by atoms with van der Waals surface area (Å²) >= 11 is 0. The van der Waals surface area contributed by atoms with Gasteiger partial charge in [0.1, 0.15) is 5.69 Å². The van der Waals surface area contributed by atoms with Crippen molar-refractivity contribution in [2.75, 3.05) is 24.6 Å². The SMILES string of the molecule is CCc1cnc(N2CCC(COc3c(F)cc(-c4ccc(-c5ccco5)nc4C)cc3F)CC2)nc1. The standard InChI is InChI=1S/C28H28F2N4O2/c1-3-19-15-31-28(32-16-19)34-10-8-20(9-11-34)17-36-27-23(29)13-21(14-24(27)30)22-6-7-25(33-18(22)2)26-5-4-12-35-26/h4-7,12-16,20H,3,8-11,17H2,1-2H3. The minimum absolute atomic E-state index is 0.204. The first-order valence-electron chi connectivity index (χ1n) is 12.2. The molecule has 4 aromatic rings. The summed E-state index contributed by atoms with van der Waals surface area (Å²) < 4.78 is 40.8. The van der Waals surface area contributed by atoms with Crippen LogP contribution in [0.2, 0.25) is 0 Å². The third-order valence-corrected chi connectivity index (χ3v) is 6.63. The molecule has 1 aliphatic rings. The van der Waals surface area contributed by atoms with Crippen molar-refractivity contribution in [3.05, 3.63) is 77.9 Å². The number of aromatic nitrogens is 3. The van der Waals surface area contributed by atoms with Gasteiger partial charge in [-0.2, -0.15) is 0 Å². The molecule has 4 heterocycles. The maximum Gasteiger partial charge on any atom is 0.225 e. The van der Waals surface area contributed by atoms with E-state index >= 15 is 0 Å². The summed E-state index contributed by atoms with van der Waals surface area (Å²) in [6.07, 6.45) is 7.88. The maximum atomic E-state index is 14.9. The summed E-state index contributed by atoms with van der Waals surface area (Å²) in [6.45, 7) is 5.70. The van der Waals surface area contributed by atoms with Crippen LogP contribution in [0, 0.1) is 24.5 Å². The highest BCUT2D eigenvalue weighted by molar-refractivity contribution is 5.69. The van der Waals surface area contributed by atoms with Crippen LogP contribution in [0.25, 0.3) is 22.6 Å².